The molecule has 0 radical (unpaired) electrons. The minimum Gasteiger partial charge on any atom is -0.228 e. The molecule has 3 rings (SSSR count). The fourth-order valence-electron chi connectivity index (χ4n) is 3.96. The zero-order valence-electron chi connectivity index (χ0n) is 14.7. The van der Waals surface area contributed by atoms with E-state index in [1.165, 1.54) is 63.0 Å². The molecule has 0 unspecified atom stereocenters. The van der Waals surface area contributed by atoms with Crippen LogP contribution in [0.3, 0.4) is 0 Å². The molecule has 0 amide bonds. The Bertz CT molecular complexity index is 609. The van der Waals surface area contributed by atoms with E-state index in [2.05, 4.69) is 36.2 Å². The number of pyridine rings is 1. The lowest BCUT2D eigenvalue weighted by atomic mass is 9.77. The van der Waals surface area contributed by atoms with Gasteiger partial charge in [-0.3, -0.25) is 0 Å². The predicted molar refractivity (Wildman–Crippen MR) is 98.5 cm³/mol. The van der Waals surface area contributed by atoms with Crippen LogP contribution in [-0.4, -0.2) is 4.98 Å². The lowest BCUT2D eigenvalue weighted by molar-refractivity contribution is 0.303. The number of nitrogens with zero attached hydrogens (tertiary/aromatic N) is 1. The zero-order valence-corrected chi connectivity index (χ0v) is 14.7. The highest BCUT2D eigenvalue weighted by atomic mass is 19.1. The first-order valence-electron chi connectivity index (χ1n) is 9.48. The zero-order chi connectivity index (χ0) is 16.8. The quantitative estimate of drug-likeness (QED) is 0.423. The van der Waals surface area contributed by atoms with E-state index in [1.54, 1.807) is 12.3 Å². The molecule has 1 heterocycles. The van der Waals surface area contributed by atoms with Crippen LogP contribution in [-0.2, 0) is 0 Å². The molecule has 0 spiro atoms. The summed E-state index contributed by atoms with van der Waals surface area (Å²) in [6, 6.07) is 12.0. The molecular formula is C22H28FN. The number of unbranched alkanes of at least 4 members (excludes halogenated alkanes) is 2. The molecule has 24 heavy (non-hydrogen) atoms. The van der Waals surface area contributed by atoms with Crippen molar-refractivity contribution in [2.24, 2.45) is 5.92 Å². The first-order chi connectivity index (χ1) is 11.8. The Morgan fingerprint density at radius 3 is 2.25 bits per heavy atom. The Balaban J connectivity index is 1.56. The Morgan fingerprint density at radius 1 is 0.917 bits per heavy atom. The third-order valence-corrected chi connectivity index (χ3v) is 5.51. The number of rotatable bonds is 6. The fraction of sp³-hybridized carbons (Fsp3) is 0.500. The average Bonchev–Trinajstić information content (AvgIpc) is 2.63. The molecule has 0 aliphatic heterocycles. The molecule has 128 valence electrons. The van der Waals surface area contributed by atoms with E-state index in [-0.39, 0.29) is 0 Å². The molecular weight excluding hydrogens is 297 g/mol. The van der Waals surface area contributed by atoms with Crippen molar-refractivity contribution in [3.8, 4) is 11.1 Å². The summed E-state index contributed by atoms with van der Waals surface area (Å²) in [6.45, 7) is 2.28. The number of benzene rings is 1. The molecule has 1 fully saturated rings. The minimum absolute atomic E-state index is 0.425. The van der Waals surface area contributed by atoms with Crippen LogP contribution in [0.4, 0.5) is 4.39 Å². The highest BCUT2D eigenvalue weighted by Crippen LogP contribution is 2.38. The Kier molecular flexibility index (Phi) is 6.01. The van der Waals surface area contributed by atoms with E-state index in [0.717, 1.165) is 17.0 Å². The van der Waals surface area contributed by atoms with Crippen molar-refractivity contribution < 1.29 is 4.39 Å². The molecule has 1 aromatic carbocycles. The maximum absolute atomic E-state index is 12.9. The van der Waals surface area contributed by atoms with Gasteiger partial charge in [0.15, 0.2) is 0 Å². The summed E-state index contributed by atoms with van der Waals surface area (Å²) >= 11 is 0. The normalized spacial score (nSPS) is 20.9. The molecule has 1 saturated carbocycles. The van der Waals surface area contributed by atoms with Crippen molar-refractivity contribution in [1.29, 1.82) is 0 Å². The smallest absolute Gasteiger partial charge is 0.212 e. The van der Waals surface area contributed by atoms with E-state index in [0.29, 0.717) is 5.92 Å². The van der Waals surface area contributed by atoms with Crippen LogP contribution in [0.2, 0.25) is 0 Å². The first kappa shape index (κ1) is 17.1. The summed E-state index contributed by atoms with van der Waals surface area (Å²) in [6.07, 6.45) is 12.6. The maximum Gasteiger partial charge on any atom is 0.212 e. The summed E-state index contributed by atoms with van der Waals surface area (Å²) in [5, 5.41) is 0. The van der Waals surface area contributed by atoms with Gasteiger partial charge in [0.2, 0.25) is 5.95 Å². The highest BCUT2D eigenvalue weighted by molar-refractivity contribution is 5.62. The lowest BCUT2D eigenvalue weighted by Gasteiger charge is -2.29. The largest absolute Gasteiger partial charge is 0.228 e. The maximum atomic E-state index is 12.9. The van der Waals surface area contributed by atoms with Crippen LogP contribution >= 0.6 is 0 Å². The van der Waals surface area contributed by atoms with Crippen molar-refractivity contribution in [1.82, 2.24) is 4.98 Å². The number of hydrogen-bond donors (Lipinski definition) is 0. The molecule has 1 aliphatic rings. The van der Waals surface area contributed by atoms with Gasteiger partial charge in [-0.05, 0) is 60.8 Å². The van der Waals surface area contributed by atoms with Gasteiger partial charge in [-0.25, -0.2) is 4.98 Å². The molecule has 0 N–H and O–H groups in total. The SMILES string of the molecule is CCCCC[C@H]1CC[C@H](c2ccc(-c3ccc(F)nc3)cc2)CC1. The molecule has 0 atom stereocenters. The van der Waals surface area contributed by atoms with E-state index in [4.69, 9.17) is 0 Å². The highest BCUT2D eigenvalue weighted by Gasteiger charge is 2.21. The molecule has 2 aromatic rings. The Morgan fingerprint density at radius 2 is 1.62 bits per heavy atom. The van der Waals surface area contributed by atoms with E-state index < -0.39 is 5.95 Å². The van der Waals surface area contributed by atoms with Crippen molar-refractivity contribution in [2.45, 2.75) is 64.2 Å². The molecule has 1 nitrogen and oxygen atoms in total. The standard InChI is InChI=1S/C22H28FN/c1-2-3-4-5-17-6-8-18(9-7-17)19-10-12-20(13-11-19)21-14-15-22(23)24-16-21/h10-18H,2-9H2,1H3/t17-,18-. The topological polar surface area (TPSA) is 12.9 Å². The third kappa shape index (κ3) is 4.43. The first-order valence-corrected chi connectivity index (χ1v) is 9.48. The second kappa shape index (κ2) is 8.41. The minimum atomic E-state index is -0.425. The second-order valence-corrected chi connectivity index (χ2v) is 7.21. The average molecular weight is 325 g/mol. The van der Waals surface area contributed by atoms with Gasteiger partial charge in [-0.2, -0.15) is 4.39 Å². The van der Waals surface area contributed by atoms with Gasteiger partial charge in [0, 0.05) is 11.8 Å². The van der Waals surface area contributed by atoms with Gasteiger partial charge in [-0.15, -0.1) is 0 Å². The van der Waals surface area contributed by atoms with Gasteiger partial charge >= 0.3 is 0 Å². The lowest BCUT2D eigenvalue weighted by Crippen LogP contribution is -2.13. The van der Waals surface area contributed by atoms with Gasteiger partial charge < -0.3 is 0 Å². The van der Waals surface area contributed by atoms with Crippen LogP contribution in [0.25, 0.3) is 11.1 Å². The molecule has 0 saturated heterocycles. The summed E-state index contributed by atoms with van der Waals surface area (Å²) in [7, 11) is 0. The fourth-order valence-corrected chi connectivity index (χ4v) is 3.96. The third-order valence-electron chi connectivity index (χ3n) is 5.51. The van der Waals surface area contributed by atoms with Gasteiger partial charge in [0.25, 0.3) is 0 Å². The molecule has 1 aliphatic carbocycles. The Hall–Kier alpha value is -1.70. The summed E-state index contributed by atoms with van der Waals surface area (Å²) in [5.41, 5.74) is 3.54. The van der Waals surface area contributed by atoms with Crippen molar-refractivity contribution in [3.05, 3.63) is 54.1 Å². The van der Waals surface area contributed by atoms with Crippen LogP contribution in [0, 0.1) is 11.9 Å². The monoisotopic (exact) mass is 325 g/mol. The van der Waals surface area contributed by atoms with Crippen LogP contribution in [0.1, 0.15) is 69.8 Å². The number of aromatic nitrogens is 1. The van der Waals surface area contributed by atoms with Gasteiger partial charge in [-0.1, -0.05) is 56.9 Å². The summed E-state index contributed by atoms with van der Waals surface area (Å²) in [4.78, 5) is 3.74. The van der Waals surface area contributed by atoms with Gasteiger partial charge in [0.1, 0.15) is 0 Å². The number of halogens is 1. The van der Waals surface area contributed by atoms with Crippen molar-refractivity contribution in [3.63, 3.8) is 0 Å². The summed E-state index contributed by atoms with van der Waals surface area (Å²) in [5.74, 6) is 1.25. The summed E-state index contributed by atoms with van der Waals surface area (Å²) < 4.78 is 12.9. The van der Waals surface area contributed by atoms with Crippen LogP contribution < -0.4 is 0 Å². The molecule has 1 aromatic heterocycles. The van der Waals surface area contributed by atoms with Crippen molar-refractivity contribution in [2.75, 3.05) is 0 Å². The molecule has 2 heteroatoms. The second-order valence-electron chi connectivity index (χ2n) is 7.21. The number of hydrogen-bond acceptors (Lipinski definition) is 1. The van der Waals surface area contributed by atoms with E-state index in [1.807, 2.05) is 0 Å². The van der Waals surface area contributed by atoms with E-state index in [9.17, 15) is 4.39 Å². The van der Waals surface area contributed by atoms with Crippen LogP contribution in [0.15, 0.2) is 42.6 Å². The Labute approximate surface area is 145 Å². The molecule has 0 bridgehead atoms. The van der Waals surface area contributed by atoms with Crippen LogP contribution in [0.5, 0.6) is 0 Å². The van der Waals surface area contributed by atoms with Gasteiger partial charge in [0.05, 0.1) is 0 Å². The van der Waals surface area contributed by atoms with Crippen molar-refractivity contribution >= 4 is 0 Å². The predicted octanol–water partition coefficient (Wildman–Crippen LogP) is 6.74. The van der Waals surface area contributed by atoms with E-state index >= 15 is 0 Å².